The van der Waals surface area contributed by atoms with Crippen molar-refractivity contribution >= 4 is 35.7 Å². The molecular weight excluding hydrogens is 356 g/mol. The molecule has 6 nitrogen and oxygen atoms in total. The summed E-state index contributed by atoms with van der Waals surface area (Å²) in [5, 5.41) is 22.9. The number of rotatable bonds is 6. The fourth-order valence-corrected chi connectivity index (χ4v) is 2.70. The van der Waals surface area contributed by atoms with Crippen LogP contribution < -0.4 is 0 Å². The summed E-state index contributed by atoms with van der Waals surface area (Å²) >= 11 is 0. The molecule has 3 rings (SSSR count). The highest BCUT2D eigenvalue weighted by Gasteiger charge is 2.22. The van der Waals surface area contributed by atoms with E-state index < -0.39 is 9.85 Å². The van der Waals surface area contributed by atoms with Crippen molar-refractivity contribution in [1.82, 2.24) is 0 Å². The standard InChI is InChI=1S/C22H16N2O4/c25-23(26)21-16-22(24(27)28)20(14-12-18-9-5-2-6-10-18)15-19(21)13-11-17-7-3-1-4-8-17/h1-16H/b13-11+,14-12+. The van der Waals surface area contributed by atoms with Gasteiger partial charge in [0.05, 0.1) is 27.0 Å². The molecule has 0 spiro atoms. The molecule has 0 heterocycles. The minimum atomic E-state index is -0.609. The van der Waals surface area contributed by atoms with Gasteiger partial charge >= 0.3 is 0 Å². The van der Waals surface area contributed by atoms with E-state index >= 15 is 0 Å². The van der Waals surface area contributed by atoms with E-state index in [0.29, 0.717) is 11.1 Å². The number of nitro benzene ring substituents is 2. The predicted octanol–water partition coefficient (Wildman–Crippen LogP) is 5.84. The van der Waals surface area contributed by atoms with Crippen molar-refractivity contribution < 1.29 is 9.85 Å². The highest BCUT2D eigenvalue weighted by Crippen LogP contribution is 2.31. The first kappa shape index (κ1) is 18.7. The maximum atomic E-state index is 11.4. The first-order valence-corrected chi connectivity index (χ1v) is 8.47. The molecule has 0 amide bonds. The molecule has 3 aromatic rings. The van der Waals surface area contributed by atoms with Gasteiger partial charge in [-0.3, -0.25) is 20.2 Å². The van der Waals surface area contributed by atoms with Gasteiger partial charge < -0.3 is 0 Å². The lowest BCUT2D eigenvalue weighted by atomic mass is 10.0. The van der Waals surface area contributed by atoms with Gasteiger partial charge in [-0.25, -0.2) is 0 Å². The largest absolute Gasteiger partial charge is 0.283 e. The van der Waals surface area contributed by atoms with Gasteiger partial charge in [-0.2, -0.15) is 0 Å². The molecule has 0 aliphatic rings. The molecule has 28 heavy (non-hydrogen) atoms. The van der Waals surface area contributed by atoms with Crippen molar-refractivity contribution in [3.8, 4) is 0 Å². The smallest absolute Gasteiger partial charge is 0.258 e. The van der Waals surface area contributed by atoms with E-state index in [1.807, 2.05) is 60.7 Å². The zero-order chi connectivity index (χ0) is 19.9. The van der Waals surface area contributed by atoms with Crippen molar-refractivity contribution in [1.29, 1.82) is 0 Å². The first-order valence-electron chi connectivity index (χ1n) is 8.47. The van der Waals surface area contributed by atoms with Crippen molar-refractivity contribution in [2.75, 3.05) is 0 Å². The Morgan fingerprint density at radius 2 is 0.964 bits per heavy atom. The number of benzene rings is 3. The molecule has 0 aliphatic heterocycles. The topological polar surface area (TPSA) is 86.3 Å². The minimum absolute atomic E-state index is 0.298. The van der Waals surface area contributed by atoms with Crippen LogP contribution in [0.3, 0.4) is 0 Å². The Hall–Kier alpha value is -4.06. The van der Waals surface area contributed by atoms with Crippen LogP contribution in [-0.2, 0) is 0 Å². The molecule has 0 saturated carbocycles. The molecule has 6 heteroatoms. The normalized spacial score (nSPS) is 11.1. The van der Waals surface area contributed by atoms with E-state index in [-0.39, 0.29) is 11.4 Å². The molecule has 0 atom stereocenters. The lowest BCUT2D eigenvalue weighted by Gasteiger charge is -2.03. The lowest BCUT2D eigenvalue weighted by molar-refractivity contribution is -0.394. The van der Waals surface area contributed by atoms with Crippen LogP contribution >= 0.6 is 0 Å². The van der Waals surface area contributed by atoms with Gasteiger partial charge in [-0.05, 0) is 29.3 Å². The summed E-state index contributed by atoms with van der Waals surface area (Å²) in [6.45, 7) is 0. The van der Waals surface area contributed by atoms with E-state index in [2.05, 4.69) is 0 Å². The van der Waals surface area contributed by atoms with Gasteiger partial charge in [0, 0.05) is 0 Å². The van der Waals surface area contributed by atoms with E-state index in [1.165, 1.54) is 6.07 Å². The van der Waals surface area contributed by atoms with Gasteiger partial charge in [0.15, 0.2) is 0 Å². The Morgan fingerprint density at radius 3 is 1.32 bits per heavy atom. The SMILES string of the molecule is O=[N+]([O-])c1cc([N+](=O)[O-])c(/C=C/c2ccccc2)cc1/C=C/c1ccccc1. The number of nitro groups is 2. The lowest BCUT2D eigenvalue weighted by Crippen LogP contribution is -1.98. The van der Waals surface area contributed by atoms with Gasteiger partial charge in [-0.15, -0.1) is 0 Å². The first-order chi connectivity index (χ1) is 13.5. The fourth-order valence-electron chi connectivity index (χ4n) is 2.70. The van der Waals surface area contributed by atoms with Gasteiger partial charge in [0.2, 0.25) is 0 Å². The summed E-state index contributed by atoms with van der Waals surface area (Å²) < 4.78 is 0. The van der Waals surface area contributed by atoms with Crippen LogP contribution in [0.25, 0.3) is 24.3 Å². The quantitative estimate of drug-likeness (QED) is 0.309. The molecule has 0 N–H and O–H groups in total. The van der Waals surface area contributed by atoms with Crippen LogP contribution in [0.15, 0.2) is 72.8 Å². The van der Waals surface area contributed by atoms with Crippen molar-refractivity contribution in [3.05, 3.63) is 115 Å². The third kappa shape index (κ3) is 4.56. The molecule has 0 saturated heterocycles. The molecule has 0 bridgehead atoms. The summed E-state index contributed by atoms with van der Waals surface area (Å²) in [4.78, 5) is 21.6. The second-order valence-corrected chi connectivity index (χ2v) is 5.97. The van der Waals surface area contributed by atoms with Gasteiger partial charge in [0.1, 0.15) is 0 Å². The van der Waals surface area contributed by atoms with E-state index in [4.69, 9.17) is 0 Å². The van der Waals surface area contributed by atoms with E-state index in [1.54, 1.807) is 24.3 Å². The maximum absolute atomic E-state index is 11.4. The van der Waals surface area contributed by atoms with Crippen LogP contribution in [-0.4, -0.2) is 9.85 Å². The second kappa shape index (κ2) is 8.55. The van der Waals surface area contributed by atoms with Crippen molar-refractivity contribution in [2.24, 2.45) is 0 Å². The molecular formula is C22H16N2O4. The van der Waals surface area contributed by atoms with Crippen molar-refractivity contribution in [3.63, 3.8) is 0 Å². The summed E-state index contributed by atoms with van der Waals surface area (Å²) in [6, 6.07) is 21.1. The van der Waals surface area contributed by atoms with Crippen LogP contribution in [0.1, 0.15) is 22.3 Å². The number of nitrogens with zero attached hydrogens (tertiary/aromatic N) is 2. The second-order valence-electron chi connectivity index (χ2n) is 5.97. The molecule has 0 fully saturated rings. The Kier molecular flexibility index (Phi) is 5.72. The van der Waals surface area contributed by atoms with Crippen LogP contribution in [0.5, 0.6) is 0 Å². The molecule has 0 radical (unpaired) electrons. The maximum Gasteiger partial charge on any atom is 0.283 e. The average molecular weight is 372 g/mol. The zero-order valence-electron chi connectivity index (χ0n) is 14.8. The fraction of sp³-hybridized carbons (Fsp3) is 0. The number of hydrogen-bond acceptors (Lipinski definition) is 4. The highest BCUT2D eigenvalue weighted by atomic mass is 16.6. The summed E-state index contributed by atoms with van der Waals surface area (Å²) in [6.07, 6.45) is 6.66. The third-order valence-electron chi connectivity index (χ3n) is 4.08. The van der Waals surface area contributed by atoms with Crippen LogP contribution in [0.2, 0.25) is 0 Å². The van der Waals surface area contributed by atoms with Gasteiger partial charge in [-0.1, -0.05) is 72.8 Å². The predicted molar refractivity (Wildman–Crippen MR) is 110 cm³/mol. The van der Waals surface area contributed by atoms with E-state index in [9.17, 15) is 20.2 Å². The average Bonchev–Trinajstić information content (AvgIpc) is 2.71. The Labute approximate surface area is 161 Å². The summed E-state index contributed by atoms with van der Waals surface area (Å²) in [7, 11) is 0. The monoisotopic (exact) mass is 372 g/mol. The highest BCUT2D eigenvalue weighted by molar-refractivity contribution is 5.81. The third-order valence-corrected chi connectivity index (χ3v) is 4.08. The van der Waals surface area contributed by atoms with Crippen molar-refractivity contribution in [2.45, 2.75) is 0 Å². The molecule has 0 aliphatic carbocycles. The van der Waals surface area contributed by atoms with E-state index in [0.717, 1.165) is 17.2 Å². The minimum Gasteiger partial charge on any atom is -0.258 e. The molecule has 0 aromatic heterocycles. The zero-order valence-corrected chi connectivity index (χ0v) is 14.8. The van der Waals surface area contributed by atoms with Gasteiger partial charge in [0.25, 0.3) is 11.4 Å². The Balaban J connectivity index is 2.07. The summed E-state index contributed by atoms with van der Waals surface area (Å²) in [5.74, 6) is 0. The number of hydrogen-bond donors (Lipinski definition) is 0. The van der Waals surface area contributed by atoms with Crippen LogP contribution in [0, 0.1) is 20.2 Å². The Bertz CT molecular complexity index is 976. The molecule has 0 unspecified atom stereocenters. The van der Waals surface area contributed by atoms with Crippen LogP contribution in [0.4, 0.5) is 11.4 Å². The summed E-state index contributed by atoms with van der Waals surface area (Å²) in [5.41, 5.74) is 1.72. The molecule has 138 valence electrons. The Morgan fingerprint density at radius 1 is 0.571 bits per heavy atom. The molecule has 3 aromatic carbocycles.